The normalized spacial score (nSPS) is 15.1. The molecule has 1 heterocycles. The Morgan fingerprint density at radius 3 is 2.52 bits per heavy atom. The van der Waals surface area contributed by atoms with Crippen LogP contribution in [0.2, 0.25) is 5.02 Å². The number of hydrogen-bond acceptors (Lipinski definition) is 2. The fraction of sp³-hybridized carbons (Fsp3) is 0.292. The molecule has 1 aromatic heterocycles. The first-order valence-corrected chi connectivity index (χ1v) is 10.4. The van der Waals surface area contributed by atoms with Gasteiger partial charge in [0.2, 0.25) is 0 Å². The van der Waals surface area contributed by atoms with Crippen molar-refractivity contribution in [1.82, 2.24) is 9.13 Å². The molecule has 5 heteroatoms. The molecule has 2 aromatic carbocycles. The van der Waals surface area contributed by atoms with Crippen LogP contribution in [0.3, 0.4) is 0 Å². The first kappa shape index (κ1) is 19.6. The molecule has 1 saturated carbocycles. The number of ether oxygens (including phenoxy) is 1. The SMILES string of the molecule is C/C=c1\c(=C/Cc2cccc(Oc3cccc(Cl)c3)c2)n(C)c(=O)n1CC1CC1. The summed E-state index contributed by atoms with van der Waals surface area (Å²) in [4.78, 5) is 12.7. The third kappa shape index (κ3) is 4.48. The van der Waals surface area contributed by atoms with E-state index in [-0.39, 0.29) is 5.69 Å². The van der Waals surface area contributed by atoms with Crippen LogP contribution in [0.4, 0.5) is 0 Å². The lowest BCUT2D eigenvalue weighted by atomic mass is 10.1. The third-order valence-corrected chi connectivity index (χ3v) is 5.54. The van der Waals surface area contributed by atoms with E-state index in [1.165, 1.54) is 12.8 Å². The van der Waals surface area contributed by atoms with Gasteiger partial charge in [0, 0.05) is 18.6 Å². The van der Waals surface area contributed by atoms with E-state index in [0.29, 0.717) is 23.1 Å². The van der Waals surface area contributed by atoms with Crippen LogP contribution in [0.25, 0.3) is 12.2 Å². The van der Waals surface area contributed by atoms with Gasteiger partial charge < -0.3 is 4.74 Å². The van der Waals surface area contributed by atoms with Gasteiger partial charge in [-0.15, -0.1) is 0 Å². The van der Waals surface area contributed by atoms with Gasteiger partial charge >= 0.3 is 5.69 Å². The quantitative estimate of drug-likeness (QED) is 0.620. The zero-order chi connectivity index (χ0) is 20.4. The summed E-state index contributed by atoms with van der Waals surface area (Å²) in [6, 6.07) is 15.4. The summed E-state index contributed by atoms with van der Waals surface area (Å²) in [6.45, 7) is 2.82. The van der Waals surface area contributed by atoms with Crippen LogP contribution in [0.1, 0.15) is 25.3 Å². The molecule has 0 unspecified atom stereocenters. The number of aromatic nitrogens is 2. The molecule has 1 fully saturated rings. The molecule has 4 rings (SSSR count). The molecule has 29 heavy (non-hydrogen) atoms. The zero-order valence-corrected chi connectivity index (χ0v) is 17.5. The molecule has 3 aromatic rings. The number of halogens is 1. The zero-order valence-electron chi connectivity index (χ0n) is 16.8. The molecule has 0 bridgehead atoms. The molecular formula is C24H25ClN2O2. The van der Waals surface area contributed by atoms with E-state index in [1.807, 2.05) is 61.0 Å². The monoisotopic (exact) mass is 408 g/mol. The largest absolute Gasteiger partial charge is 0.457 e. The van der Waals surface area contributed by atoms with E-state index in [1.54, 1.807) is 10.6 Å². The minimum absolute atomic E-state index is 0.0642. The molecule has 0 radical (unpaired) electrons. The van der Waals surface area contributed by atoms with Crippen LogP contribution in [-0.2, 0) is 20.0 Å². The van der Waals surface area contributed by atoms with Crippen LogP contribution >= 0.6 is 11.6 Å². The second kappa shape index (κ2) is 8.34. The Morgan fingerprint density at radius 2 is 1.83 bits per heavy atom. The van der Waals surface area contributed by atoms with Gasteiger partial charge in [-0.25, -0.2) is 4.79 Å². The number of hydrogen-bond donors (Lipinski definition) is 0. The Hall–Kier alpha value is -2.72. The smallest absolute Gasteiger partial charge is 0.328 e. The van der Waals surface area contributed by atoms with E-state index >= 15 is 0 Å². The van der Waals surface area contributed by atoms with E-state index < -0.39 is 0 Å². The lowest BCUT2D eigenvalue weighted by molar-refractivity contribution is 0.482. The Balaban J connectivity index is 1.60. The molecule has 0 saturated heterocycles. The summed E-state index contributed by atoms with van der Waals surface area (Å²) in [5.41, 5.74) is 1.18. The Labute approximate surface area is 175 Å². The van der Waals surface area contributed by atoms with E-state index in [0.717, 1.165) is 28.6 Å². The maximum atomic E-state index is 12.7. The second-order valence-corrected chi connectivity index (χ2v) is 8.01. The van der Waals surface area contributed by atoms with Gasteiger partial charge in [0.15, 0.2) is 0 Å². The summed E-state index contributed by atoms with van der Waals surface area (Å²) >= 11 is 6.04. The molecule has 0 N–H and O–H groups in total. The summed E-state index contributed by atoms with van der Waals surface area (Å²) < 4.78 is 9.60. The van der Waals surface area contributed by atoms with Crippen molar-refractivity contribution in [2.75, 3.05) is 0 Å². The fourth-order valence-electron chi connectivity index (χ4n) is 3.59. The Bertz CT molecular complexity index is 1200. The highest BCUT2D eigenvalue weighted by atomic mass is 35.5. The fourth-order valence-corrected chi connectivity index (χ4v) is 3.77. The number of benzene rings is 2. The van der Waals surface area contributed by atoms with Crippen molar-refractivity contribution in [2.24, 2.45) is 13.0 Å². The van der Waals surface area contributed by atoms with E-state index in [9.17, 15) is 4.79 Å². The first-order chi connectivity index (χ1) is 14.0. The van der Waals surface area contributed by atoms with Crippen molar-refractivity contribution in [3.05, 3.63) is 80.3 Å². The van der Waals surface area contributed by atoms with Crippen molar-refractivity contribution in [3.8, 4) is 11.5 Å². The molecule has 0 spiro atoms. The van der Waals surface area contributed by atoms with Gasteiger partial charge in [-0.2, -0.15) is 0 Å². The Morgan fingerprint density at radius 1 is 1.10 bits per heavy atom. The van der Waals surface area contributed by atoms with Gasteiger partial charge in [-0.05, 0) is 68.0 Å². The molecular weight excluding hydrogens is 384 g/mol. The first-order valence-electron chi connectivity index (χ1n) is 9.99. The van der Waals surface area contributed by atoms with Crippen LogP contribution in [0.15, 0.2) is 53.3 Å². The standard InChI is InChI=1S/C24H25ClN2O2/c1-3-22-23(26(2)24(28)27(22)16-18-10-11-18)13-12-17-6-4-8-20(14-17)29-21-9-5-7-19(25)15-21/h3-9,13-15,18H,10-12,16H2,1-2H3/b22-3+,23-13+. The van der Waals surface area contributed by atoms with E-state index in [4.69, 9.17) is 16.3 Å². The predicted molar refractivity (Wildman–Crippen MR) is 118 cm³/mol. The number of nitrogens with zero attached hydrogens (tertiary/aromatic N) is 2. The summed E-state index contributed by atoms with van der Waals surface area (Å²) in [7, 11) is 1.85. The molecule has 150 valence electrons. The van der Waals surface area contributed by atoms with Crippen LogP contribution in [0.5, 0.6) is 11.5 Å². The van der Waals surface area contributed by atoms with Gasteiger partial charge in [0.25, 0.3) is 0 Å². The average Bonchev–Trinajstić information content (AvgIpc) is 3.49. The van der Waals surface area contributed by atoms with Gasteiger partial charge in [0.1, 0.15) is 11.5 Å². The highest BCUT2D eigenvalue weighted by Crippen LogP contribution is 2.29. The molecule has 0 aliphatic heterocycles. The van der Waals surface area contributed by atoms with Crippen molar-refractivity contribution in [2.45, 2.75) is 32.7 Å². The van der Waals surface area contributed by atoms with Crippen molar-refractivity contribution in [1.29, 1.82) is 0 Å². The number of imidazole rings is 1. The van der Waals surface area contributed by atoms with Gasteiger partial charge in [-0.1, -0.05) is 42.0 Å². The topological polar surface area (TPSA) is 36.2 Å². The van der Waals surface area contributed by atoms with Crippen molar-refractivity contribution >= 4 is 23.8 Å². The van der Waals surface area contributed by atoms with Crippen molar-refractivity contribution in [3.63, 3.8) is 0 Å². The Kier molecular flexibility index (Phi) is 5.63. The van der Waals surface area contributed by atoms with Gasteiger partial charge in [-0.3, -0.25) is 9.13 Å². The lowest BCUT2D eigenvalue weighted by Gasteiger charge is -2.07. The molecule has 4 nitrogen and oxygen atoms in total. The summed E-state index contributed by atoms with van der Waals surface area (Å²) in [5, 5.41) is 2.63. The highest BCUT2D eigenvalue weighted by Gasteiger charge is 2.23. The van der Waals surface area contributed by atoms with E-state index in [2.05, 4.69) is 12.1 Å². The minimum atomic E-state index is 0.0642. The maximum Gasteiger partial charge on any atom is 0.328 e. The van der Waals surface area contributed by atoms with Crippen LogP contribution < -0.4 is 21.1 Å². The highest BCUT2D eigenvalue weighted by molar-refractivity contribution is 6.30. The van der Waals surface area contributed by atoms with Crippen molar-refractivity contribution < 1.29 is 4.74 Å². The lowest BCUT2D eigenvalue weighted by Crippen LogP contribution is -2.33. The minimum Gasteiger partial charge on any atom is -0.457 e. The molecule has 0 atom stereocenters. The number of rotatable bonds is 6. The maximum absolute atomic E-state index is 12.7. The molecule has 1 aliphatic carbocycles. The summed E-state index contributed by atoms with van der Waals surface area (Å²) in [6.07, 6.45) is 7.33. The second-order valence-electron chi connectivity index (χ2n) is 7.57. The molecule has 0 amide bonds. The van der Waals surface area contributed by atoms with Crippen LogP contribution in [0, 0.1) is 5.92 Å². The van der Waals surface area contributed by atoms with Crippen LogP contribution in [-0.4, -0.2) is 9.13 Å². The average molecular weight is 409 g/mol. The predicted octanol–water partition coefficient (Wildman–Crippen LogP) is 3.87. The van der Waals surface area contributed by atoms with Gasteiger partial charge in [0.05, 0.1) is 10.7 Å². The summed E-state index contributed by atoms with van der Waals surface area (Å²) in [5.74, 6) is 2.13. The third-order valence-electron chi connectivity index (χ3n) is 5.30. The molecule has 1 aliphatic rings.